The van der Waals surface area contributed by atoms with Gasteiger partial charge in [0.25, 0.3) is 0 Å². The molecule has 0 aromatic rings. The van der Waals surface area contributed by atoms with Gasteiger partial charge in [-0.3, -0.25) is 9.42 Å². The Labute approximate surface area is 73.1 Å². The Balaban J connectivity index is 2.25. The summed E-state index contributed by atoms with van der Waals surface area (Å²) in [5.41, 5.74) is 2.75. The van der Waals surface area contributed by atoms with Crippen LogP contribution < -0.4 is 10.8 Å². The van der Waals surface area contributed by atoms with Gasteiger partial charge in [0.15, 0.2) is 0 Å². The van der Waals surface area contributed by atoms with E-state index in [0.29, 0.717) is 13.0 Å². The van der Waals surface area contributed by atoms with Gasteiger partial charge in [-0.1, -0.05) is 0 Å². The van der Waals surface area contributed by atoms with Crippen LogP contribution in [0, 0.1) is 0 Å². The maximum Gasteiger partial charge on any atom is 0.320 e. The summed E-state index contributed by atoms with van der Waals surface area (Å²) >= 11 is 0. The fourth-order valence-electron chi connectivity index (χ4n) is 1.26. The lowest BCUT2D eigenvalue weighted by Gasteiger charge is -2.26. The van der Waals surface area contributed by atoms with E-state index >= 15 is 0 Å². The van der Waals surface area contributed by atoms with Gasteiger partial charge < -0.3 is 10.4 Å². The average molecular weight is 192 g/mol. The average Bonchev–Trinajstić information content (AvgIpc) is 2.06. The van der Waals surface area contributed by atoms with Crippen molar-refractivity contribution in [1.82, 2.24) is 10.8 Å². The Morgan fingerprint density at radius 2 is 2.42 bits per heavy atom. The van der Waals surface area contributed by atoms with Crippen molar-refractivity contribution < 1.29 is 14.5 Å². The van der Waals surface area contributed by atoms with E-state index in [2.05, 4.69) is 24.9 Å². The minimum atomic E-state index is -0.778. The van der Waals surface area contributed by atoms with Crippen LogP contribution in [-0.4, -0.2) is 29.7 Å². The minimum absolute atomic E-state index is 0.207. The first-order chi connectivity index (χ1) is 5.74. The molecule has 0 aromatic heterocycles. The SMILES string of the molecule is O=C(O)[C@@H]1CC[C@@H](NOP)CN1. The Morgan fingerprint density at radius 1 is 1.67 bits per heavy atom. The first-order valence-corrected chi connectivity index (χ1v) is 4.28. The molecule has 6 heteroatoms. The molecule has 0 bridgehead atoms. The van der Waals surface area contributed by atoms with Crippen molar-refractivity contribution in [1.29, 1.82) is 0 Å². The van der Waals surface area contributed by atoms with E-state index in [9.17, 15) is 4.79 Å². The molecule has 5 nitrogen and oxygen atoms in total. The predicted octanol–water partition coefficient (Wildman–Crippen LogP) is -0.497. The quantitative estimate of drug-likeness (QED) is 0.415. The summed E-state index contributed by atoms with van der Waals surface area (Å²) in [5, 5.41) is 11.5. The van der Waals surface area contributed by atoms with Crippen molar-refractivity contribution in [2.45, 2.75) is 24.9 Å². The number of rotatable bonds is 3. The summed E-state index contributed by atoms with van der Waals surface area (Å²) in [4.78, 5) is 10.5. The third-order valence-corrected chi connectivity index (χ3v) is 2.08. The Hall–Kier alpha value is -0.220. The maximum atomic E-state index is 10.5. The molecule has 0 aromatic carbocycles. The van der Waals surface area contributed by atoms with Gasteiger partial charge in [-0.15, -0.1) is 0 Å². The smallest absolute Gasteiger partial charge is 0.320 e. The number of hydroxylamine groups is 1. The normalized spacial score (nSPS) is 30.1. The van der Waals surface area contributed by atoms with Gasteiger partial charge in [-0.25, -0.2) is 0 Å². The molecule has 1 rings (SSSR count). The molecule has 3 N–H and O–H groups in total. The van der Waals surface area contributed by atoms with Crippen molar-refractivity contribution in [2.24, 2.45) is 0 Å². The zero-order valence-electron chi connectivity index (χ0n) is 6.62. The zero-order chi connectivity index (χ0) is 8.97. The van der Waals surface area contributed by atoms with Crippen molar-refractivity contribution in [3.8, 4) is 0 Å². The first kappa shape index (κ1) is 9.86. The summed E-state index contributed by atoms with van der Waals surface area (Å²) in [7, 11) is 2.10. The van der Waals surface area contributed by atoms with Crippen LogP contribution >= 0.6 is 9.47 Å². The van der Waals surface area contributed by atoms with Crippen LogP contribution in [0.2, 0.25) is 0 Å². The van der Waals surface area contributed by atoms with E-state index in [1.54, 1.807) is 0 Å². The van der Waals surface area contributed by atoms with Gasteiger partial charge in [-0.05, 0) is 12.8 Å². The molecule has 1 aliphatic rings. The molecule has 0 amide bonds. The number of carboxylic acid groups (broad SMARTS) is 1. The van der Waals surface area contributed by atoms with E-state index in [4.69, 9.17) is 5.11 Å². The molecular formula is C6H13N2O3P. The molecule has 1 fully saturated rings. The molecule has 12 heavy (non-hydrogen) atoms. The summed E-state index contributed by atoms with van der Waals surface area (Å²) < 4.78 is 4.66. The number of carboxylic acids is 1. The van der Waals surface area contributed by atoms with Crippen molar-refractivity contribution in [3.05, 3.63) is 0 Å². The molecule has 1 heterocycles. The van der Waals surface area contributed by atoms with Gasteiger partial charge in [-0.2, -0.15) is 5.48 Å². The second-order valence-corrected chi connectivity index (χ2v) is 3.04. The molecule has 0 spiro atoms. The number of piperidine rings is 1. The molecule has 0 radical (unpaired) electrons. The second-order valence-electron chi connectivity index (χ2n) is 2.81. The number of nitrogens with one attached hydrogen (secondary N) is 2. The first-order valence-electron chi connectivity index (χ1n) is 3.81. The molecule has 3 atom stereocenters. The van der Waals surface area contributed by atoms with Gasteiger partial charge >= 0.3 is 5.97 Å². The Bertz CT molecular complexity index is 159. The lowest BCUT2D eigenvalue weighted by molar-refractivity contribution is -0.140. The minimum Gasteiger partial charge on any atom is -0.480 e. The lowest BCUT2D eigenvalue weighted by atomic mass is 10.0. The maximum absolute atomic E-state index is 10.5. The van der Waals surface area contributed by atoms with Crippen LogP contribution in [0.25, 0.3) is 0 Å². The van der Waals surface area contributed by atoms with Crippen LogP contribution in [0.5, 0.6) is 0 Å². The number of hydrogen-bond donors (Lipinski definition) is 3. The summed E-state index contributed by atoms with van der Waals surface area (Å²) in [6, 6.07) is -0.189. The predicted molar refractivity (Wildman–Crippen MR) is 46.4 cm³/mol. The summed E-state index contributed by atoms with van der Waals surface area (Å²) in [6.45, 7) is 0.630. The van der Waals surface area contributed by atoms with Crippen LogP contribution in [0.15, 0.2) is 0 Å². The molecule has 0 aliphatic carbocycles. The van der Waals surface area contributed by atoms with E-state index in [-0.39, 0.29) is 6.04 Å². The molecular weight excluding hydrogens is 179 g/mol. The fraction of sp³-hybridized carbons (Fsp3) is 0.833. The molecule has 1 saturated heterocycles. The second kappa shape index (κ2) is 4.72. The molecule has 1 aliphatic heterocycles. The highest BCUT2D eigenvalue weighted by Crippen LogP contribution is 2.08. The van der Waals surface area contributed by atoms with Crippen LogP contribution in [0.3, 0.4) is 0 Å². The van der Waals surface area contributed by atoms with Gasteiger partial charge in [0.05, 0.1) is 0 Å². The third kappa shape index (κ3) is 2.68. The van der Waals surface area contributed by atoms with E-state index < -0.39 is 12.0 Å². The van der Waals surface area contributed by atoms with Crippen LogP contribution in [0.4, 0.5) is 0 Å². The third-order valence-electron chi connectivity index (χ3n) is 1.95. The van der Waals surface area contributed by atoms with E-state index in [1.807, 2.05) is 0 Å². The largest absolute Gasteiger partial charge is 0.480 e. The highest BCUT2D eigenvalue weighted by atomic mass is 31.0. The van der Waals surface area contributed by atoms with Gasteiger partial charge in [0, 0.05) is 22.1 Å². The van der Waals surface area contributed by atoms with Gasteiger partial charge in [0.1, 0.15) is 6.04 Å². The number of aliphatic carboxylic acids is 1. The van der Waals surface area contributed by atoms with Crippen molar-refractivity contribution in [3.63, 3.8) is 0 Å². The van der Waals surface area contributed by atoms with Crippen molar-refractivity contribution in [2.75, 3.05) is 6.54 Å². The zero-order valence-corrected chi connectivity index (χ0v) is 7.77. The standard InChI is InChI=1S/C6H13N2O3P/c9-6(10)5-2-1-4(3-7-5)8-11-12/h4-5,7-8H,1-3,12H2,(H,9,10)/t4-,5+/m1/s1. The summed E-state index contributed by atoms with van der Waals surface area (Å²) in [6.07, 6.45) is 1.46. The van der Waals surface area contributed by atoms with Gasteiger partial charge in [0.2, 0.25) is 0 Å². The highest BCUT2D eigenvalue weighted by Gasteiger charge is 2.24. The van der Waals surface area contributed by atoms with Crippen LogP contribution in [0.1, 0.15) is 12.8 Å². The Morgan fingerprint density at radius 3 is 2.83 bits per heavy atom. The molecule has 1 unspecified atom stereocenters. The van der Waals surface area contributed by atoms with Crippen LogP contribution in [-0.2, 0) is 9.42 Å². The van der Waals surface area contributed by atoms with E-state index in [1.165, 1.54) is 0 Å². The fourth-order valence-corrected chi connectivity index (χ4v) is 1.46. The highest BCUT2D eigenvalue weighted by molar-refractivity contribution is 7.09. The van der Waals surface area contributed by atoms with Crippen molar-refractivity contribution >= 4 is 15.4 Å². The topological polar surface area (TPSA) is 70.6 Å². The number of carbonyl (C=O) groups is 1. The lowest BCUT2D eigenvalue weighted by Crippen LogP contribution is -2.50. The molecule has 0 saturated carbocycles. The molecule has 70 valence electrons. The van der Waals surface area contributed by atoms with E-state index in [0.717, 1.165) is 6.42 Å². The Kier molecular flexibility index (Phi) is 3.88. The monoisotopic (exact) mass is 192 g/mol. The summed E-state index contributed by atoms with van der Waals surface area (Å²) in [5.74, 6) is -0.778. The number of hydrogen-bond acceptors (Lipinski definition) is 4.